The Bertz CT molecular complexity index is 556. The zero-order valence-electron chi connectivity index (χ0n) is 12.3. The molecule has 0 radical (unpaired) electrons. The first-order valence-electron chi connectivity index (χ1n) is 6.54. The highest BCUT2D eigenvalue weighted by atomic mass is 127. The fraction of sp³-hybridized carbons (Fsp3) is 0.176. The van der Waals surface area contributed by atoms with Gasteiger partial charge in [-0.05, 0) is 38.1 Å². The molecule has 0 saturated heterocycles. The van der Waals surface area contributed by atoms with Gasteiger partial charge in [0.2, 0.25) is 0 Å². The molecule has 1 N–H and O–H groups in total. The maximum absolute atomic E-state index is 10.0. The number of carbonyl (C=O) groups excluding carboxylic acids is 1. The summed E-state index contributed by atoms with van der Waals surface area (Å²) in [4.78, 5) is 20.0. The molecular weight excluding hydrogens is 395 g/mol. The smallest absolute Gasteiger partial charge is 0.357 e. The van der Waals surface area contributed by atoms with E-state index in [0.29, 0.717) is 0 Å². The van der Waals surface area contributed by atoms with Crippen molar-refractivity contribution in [2.45, 2.75) is 13.8 Å². The lowest BCUT2D eigenvalue weighted by molar-refractivity contribution is -0.597. The van der Waals surface area contributed by atoms with E-state index in [0.717, 1.165) is 13.8 Å². The molecule has 0 aromatic heterocycles. The van der Waals surface area contributed by atoms with Gasteiger partial charge in [0, 0.05) is 0 Å². The van der Waals surface area contributed by atoms with Crippen LogP contribution in [0.1, 0.15) is 13.8 Å². The molecule has 0 aliphatic carbocycles. The molecule has 22 heavy (non-hydrogen) atoms. The highest BCUT2D eigenvalue weighted by Gasteiger charge is 2.28. The van der Waals surface area contributed by atoms with E-state index in [2.05, 4.69) is 60.7 Å². The number of halogens is 1. The topological polar surface area (TPSA) is 77.4 Å². The van der Waals surface area contributed by atoms with Crippen molar-refractivity contribution < 1.29 is 41.0 Å². The number of hydrogen-bond acceptors (Lipinski definition) is 3. The van der Waals surface area contributed by atoms with Crippen molar-refractivity contribution in [1.82, 2.24) is 0 Å². The summed E-state index contributed by atoms with van der Waals surface area (Å²) in [5, 5.41) is 18.2. The van der Waals surface area contributed by atoms with Gasteiger partial charge >= 0.3 is 27.2 Å². The van der Waals surface area contributed by atoms with Crippen LogP contribution >= 0.6 is 0 Å². The zero-order chi connectivity index (χ0) is 16.6. The Kier molecular flexibility index (Phi) is 7.04. The number of carboxylic acids is 2. The van der Waals surface area contributed by atoms with Gasteiger partial charge in [0.15, 0.2) is 7.14 Å². The van der Waals surface area contributed by atoms with Gasteiger partial charge in [-0.15, -0.1) is 0 Å². The Balaban J connectivity index is 0.000000239. The van der Waals surface area contributed by atoms with Gasteiger partial charge in [-0.25, -0.2) is 0 Å². The predicted molar refractivity (Wildman–Crippen MR) is 76.7 cm³/mol. The van der Waals surface area contributed by atoms with Gasteiger partial charge < -0.3 is 15.0 Å². The fourth-order valence-electron chi connectivity index (χ4n) is 1.17. The van der Waals surface area contributed by atoms with Crippen LogP contribution in [0.4, 0.5) is 0 Å². The van der Waals surface area contributed by atoms with Crippen LogP contribution in [0.5, 0.6) is 0 Å². The Morgan fingerprint density at radius 1 is 0.909 bits per heavy atom. The third-order valence-corrected chi connectivity index (χ3v) is 5.41. The van der Waals surface area contributed by atoms with E-state index in [4.69, 9.17) is 5.11 Å². The van der Waals surface area contributed by atoms with Crippen LogP contribution in [-0.4, -0.2) is 17.0 Å². The second-order valence-electron chi connectivity index (χ2n) is 4.90. The largest absolute Gasteiger partial charge is 0.549 e. The van der Waals surface area contributed by atoms with E-state index in [-0.39, 0.29) is 21.2 Å². The van der Waals surface area contributed by atoms with E-state index >= 15 is 0 Å². The van der Waals surface area contributed by atoms with Gasteiger partial charge in [0.05, 0.1) is 5.97 Å². The molecule has 116 valence electrons. The Morgan fingerprint density at radius 3 is 1.50 bits per heavy atom. The zero-order valence-corrected chi connectivity index (χ0v) is 14.5. The van der Waals surface area contributed by atoms with Gasteiger partial charge in [0.25, 0.3) is 0 Å². The normalized spacial score (nSPS) is 10.3. The standard InChI is InChI=1S/C12H10I.C5H8O4/c1-3-7-11(8-4-1)13-12-9-5-2-6-10-12;1-5(2,3(6)7)4(8)9/h1-10H;1-2H3,(H,6,7)(H,8,9)/q+1;/p-1. The van der Waals surface area contributed by atoms with Crippen LogP contribution in [0.15, 0.2) is 60.7 Å². The number of carbonyl (C=O) groups is 2. The van der Waals surface area contributed by atoms with Crippen LogP contribution < -0.4 is 26.3 Å². The van der Waals surface area contributed by atoms with Crippen LogP contribution in [0, 0.1) is 12.6 Å². The molecule has 4 nitrogen and oxygen atoms in total. The first kappa shape index (κ1) is 18.2. The molecule has 0 unspecified atom stereocenters. The molecule has 2 rings (SSSR count). The maximum atomic E-state index is 10.0. The molecule has 2 aromatic carbocycles. The van der Waals surface area contributed by atoms with Crippen LogP contribution in [-0.2, 0) is 9.59 Å². The quantitative estimate of drug-likeness (QED) is 0.499. The lowest BCUT2D eigenvalue weighted by atomic mass is 9.95. The summed E-state index contributed by atoms with van der Waals surface area (Å²) in [5.74, 6) is -2.96. The predicted octanol–water partition coefficient (Wildman–Crippen LogP) is -1.34. The van der Waals surface area contributed by atoms with Crippen LogP contribution in [0.2, 0.25) is 0 Å². The van der Waals surface area contributed by atoms with E-state index in [1.54, 1.807) is 0 Å². The first-order chi connectivity index (χ1) is 10.3. The van der Waals surface area contributed by atoms with E-state index in [1.165, 1.54) is 7.14 Å². The highest BCUT2D eigenvalue weighted by Crippen LogP contribution is 2.12. The van der Waals surface area contributed by atoms with E-state index in [1.807, 2.05) is 0 Å². The second kappa shape index (κ2) is 8.53. The molecule has 0 heterocycles. The van der Waals surface area contributed by atoms with Gasteiger partial charge in [-0.3, -0.25) is 4.79 Å². The van der Waals surface area contributed by atoms with Crippen molar-refractivity contribution in [2.75, 3.05) is 0 Å². The fourth-order valence-corrected chi connectivity index (χ4v) is 3.44. The number of benzene rings is 2. The average molecular weight is 412 g/mol. The molecule has 0 atom stereocenters. The number of carboxylic acid groups (broad SMARTS) is 2. The molecule has 5 heteroatoms. The molecule has 0 fully saturated rings. The number of hydrogen-bond donors (Lipinski definition) is 1. The van der Waals surface area contributed by atoms with Gasteiger partial charge in [-0.1, -0.05) is 36.4 Å². The van der Waals surface area contributed by atoms with Crippen molar-refractivity contribution in [1.29, 1.82) is 0 Å². The molecule has 2 aromatic rings. The maximum Gasteiger partial charge on any atom is 0.357 e. The van der Waals surface area contributed by atoms with Crippen LogP contribution in [0.25, 0.3) is 0 Å². The average Bonchev–Trinajstić information content (AvgIpc) is 2.49. The lowest BCUT2D eigenvalue weighted by Crippen LogP contribution is -3.61. The summed E-state index contributed by atoms with van der Waals surface area (Å²) >= 11 is 0.0287. The lowest BCUT2D eigenvalue weighted by Gasteiger charge is -2.19. The van der Waals surface area contributed by atoms with E-state index in [9.17, 15) is 14.7 Å². The Labute approximate surface area is 140 Å². The highest BCUT2D eigenvalue weighted by molar-refractivity contribution is 5.96. The molecule has 0 saturated carbocycles. The van der Waals surface area contributed by atoms with Crippen molar-refractivity contribution >= 4 is 11.9 Å². The van der Waals surface area contributed by atoms with Gasteiger partial charge in [-0.2, -0.15) is 0 Å². The molecule has 0 bridgehead atoms. The van der Waals surface area contributed by atoms with Crippen molar-refractivity contribution in [2.24, 2.45) is 5.41 Å². The minimum absolute atomic E-state index is 0.0287. The Morgan fingerprint density at radius 2 is 1.27 bits per heavy atom. The summed E-state index contributed by atoms with van der Waals surface area (Å²) < 4.78 is 2.96. The third kappa shape index (κ3) is 5.85. The molecular formula is C17H17IO4. The summed E-state index contributed by atoms with van der Waals surface area (Å²) in [6.07, 6.45) is 0. The minimum atomic E-state index is -1.78. The van der Waals surface area contributed by atoms with Gasteiger partial charge in [0.1, 0.15) is 5.41 Å². The molecule has 0 aliphatic heterocycles. The van der Waals surface area contributed by atoms with Crippen molar-refractivity contribution in [3.05, 3.63) is 67.8 Å². The summed E-state index contributed by atoms with van der Waals surface area (Å²) in [6.45, 7) is 2.15. The van der Waals surface area contributed by atoms with E-state index < -0.39 is 17.4 Å². The van der Waals surface area contributed by atoms with Crippen LogP contribution in [0.3, 0.4) is 0 Å². The van der Waals surface area contributed by atoms with Crippen molar-refractivity contribution in [3.8, 4) is 0 Å². The SMILES string of the molecule is CC(C)(C(=O)[O-])C(=O)O.c1ccc([I+]c2ccccc2)cc1. The van der Waals surface area contributed by atoms with Crippen molar-refractivity contribution in [3.63, 3.8) is 0 Å². The minimum Gasteiger partial charge on any atom is -0.549 e. The summed E-state index contributed by atoms with van der Waals surface area (Å²) in [6, 6.07) is 21.4. The Hall–Kier alpha value is -1.89. The second-order valence-corrected chi connectivity index (χ2v) is 7.93. The summed E-state index contributed by atoms with van der Waals surface area (Å²) in [7, 11) is 0. The summed E-state index contributed by atoms with van der Waals surface area (Å²) in [5.41, 5.74) is -1.78. The number of aliphatic carboxylic acids is 2. The first-order valence-corrected chi connectivity index (χ1v) is 8.69. The third-order valence-electron chi connectivity index (χ3n) is 2.73. The molecule has 0 amide bonds. The molecule has 0 spiro atoms. The number of rotatable bonds is 4. The molecule has 0 aliphatic rings. The monoisotopic (exact) mass is 412 g/mol.